The van der Waals surface area contributed by atoms with Crippen molar-refractivity contribution in [1.29, 1.82) is 0 Å². The summed E-state index contributed by atoms with van der Waals surface area (Å²) < 4.78 is 83.7. The fourth-order valence-electron chi connectivity index (χ4n) is 2.93. The first-order valence-electron chi connectivity index (χ1n) is 7.31. The molecule has 0 saturated heterocycles. The molecule has 0 spiro atoms. The van der Waals surface area contributed by atoms with E-state index in [2.05, 4.69) is 4.79 Å². The van der Waals surface area contributed by atoms with Crippen molar-refractivity contribution in [2.45, 2.75) is 47.9 Å². The van der Waals surface area contributed by atoms with Crippen LogP contribution in [0.2, 0.25) is 0 Å². The van der Waals surface area contributed by atoms with Crippen LogP contribution in [-0.4, -0.2) is 31.8 Å². The van der Waals surface area contributed by atoms with Crippen LogP contribution in [0.5, 0.6) is 0 Å². The zero-order chi connectivity index (χ0) is 18.9. The van der Waals surface area contributed by atoms with Crippen molar-refractivity contribution in [2.75, 3.05) is 0 Å². The summed E-state index contributed by atoms with van der Waals surface area (Å²) in [5, 5.41) is -0.972. The van der Waals surface area contributed by atoms with Crippen molar-refractivity contribution in [3.63, 3.8) is 0 Å². The Balaban J connectivity index is 2.61. The summed E-state index contributed by atoms with van der Waals surface area (Å²) in [6.45, 7) is 0. The predicted octanol–water partition coefficient (Wildman–Crippen LogP) is 3.03. The second-order valence-electron chi connectivity index (χ2n) is 5.74. The second kappa shape index (κ2) is 6.99. The Bertz CT molecular complexity index is 840. The maximum Gasteiger partial charge on any atom is 0.416 e. The lowest BCUT2D eigenvalue weighted by molar-refractivity contribution is -0.137. The molecule has 138 valence electrons. The highest BCUT2D eigenvalue weighted by Gasteiger charge is 2.56. The number of nitrogens with zero attached hydrogens (tertiary/aromatic N) is 2. The van der Waals surface area contributed by atoms with Crippen molar-refractivity contribution in [2.24, 2.45) is 0 Å². The summed E-state index contributed by atoms with van der Waals surface area (Å²) in [4.78, 5) is 1.99. The molecular weight excluding hydrogens is 381 g/mol. The fraction of sp³-hybridized carbons (Fsp3) is 0.500. The quantitative estimate of drug-likeness (QED) is 0.278. The Morgan fingerprint density at radius 3 is 2.32 bits per heavy atom. The molecule has 1 saturated carbocycles. The van der Waals surface area contributed by atoms with Crippen molar-refractivity contribution in [3.05, 3.63) is 35.4 Å². The Morgan fingerprint density at radius 1 is 1.24 bits per heavy atom. The normalized spacial score (nSPS) is 19.0. The molecule has 1 aliphatic carbocycles. The van der Waals surface area contributed by atoms with E-state index in [1.165, 1.54) is 0 Å². The molecule has 6 nitrogen and oxygen atoms in total. The molecule has 1 atom stereocenters. The number of hydrogen-bond donors (Lipinski definition) is 1. The minimum Gasteiger partial charge on any atom is -0.360 e. The van der Waals surface area contributed by atoms with Crippen LogP contribution in [0.25, 0.3) is 5.53 Å². The summed E-state index contributed by atoms with van der Waals surface area (Å²) in [7, 11) is -4.69. The molecule has 1 aromatic carbocycles. The van der Waals surface area contributed by atoms with Gasteiger partial charge in [0.05, 0.1) is 10.5 Å². The first-order valence-corrected chi connectivity index (χ1v) is 9.90. The number of sulfone groups is 1. The first kappa shape index (κ1) is 19.8. The van der Waals surface area contributed by atoms with Crippen molar-refractivity contribution >= 4 is 26.0 Å². The van der Waals surface area contributed by atoms with Gasteiger partial charge in [-0.1, -0.05) is 25.3 Å². The predicted molar refractivity (Wildman–Crippen MR) is 83.8 cm³/mol. The summed E-state index contributed by atoms with van der Waals surface area (Å²) in [6.07, 6.45) is -3.22. The molecule has 0 amide bonds. The van der Waals surface area contributed by atoms with Crippen LogP contribution in [0.3, 0.4) is 0 Å². The first-order chi connectivity index (χ1) is 11.6. The van der Waals surface area contributed by atoms with Gasteiger partial charge in [0, 0.05) is 0 Å². The smallest absolute Gasteiger partial charge is 0.360 e. The SMILES string of the molecule is [N-]=[N+]=C(C1(S(=O)O)CCCCC1)S(=O)(=O)c1cccc(C(F)(F)F)c1. The van der Waals surface area contributed by atoms with Gasteiger partial charge in [-0.05, 0) is 31.0 Å². The molecule has 1 unspecified atom stereocenters. The zero-order valence-corrected chi connectivity index (χ0v) is 14.5. The van der Waals surface area contributed by atoms with Crippen LogP contribution in [0.15, 0.2) is 29.2 Å². The largest absolute Gasteiger partial charge is 0.416 e. The topological polar surface area (TPSA) is 108 Å². The Labute approximate surface area is 144 Å². The summed E-state index contributed by atoms with van der Waals surface area (Å²) in [6, 6.07) is 2.95. The third-order valence-electron chi connectivity index (χ3n) is 4.20. The molecule has 11 heteroatoms. The molecule has 0 bridgehead atoms. The average Bonchev–Trinajstić information content (AvgIpc) is 2.55. The highest BCUT2D eigenvalue weighted by Crippen LogP contribution is 2.37. The van der Waals surface area contributed by atoms with Crippen LogP contribution < -0.4 is 0 Å². The van der Waals surface area contributed by atoms with Gasteiger partial charge in [0.1, 0.15) is 0 Å². The highest BCUT2D eigenvalue weighted by molar-refractivity contribution is 8.08. The summed E-state index contributed by atoms with van der Waals surface area (Å²) in [5.41, 5.74) is 8.07. The molecule has 1 fully saturated rings. The summed E-state index contributed by atoms with van der Waals surface area (Å²) >= 11 is -2.68. The van der Waals surface area contributed by atoms with Crippen molar-refractivity contribution in [1.82, 2.24) is 0 Å². The van der Waals surface area contributed by atoms with Gasteiger partial charge in [-0.2, -0.15) is 18.0 Å². The van der Waals surface area contributed by atoms with Gasteiger partial charge in [0.2, 0.25) is 0 Å². The standard InChI is InChI=1S/C14H15F3N2O4S2/c15-14(16,17)10-5-4-6-11(9-10)25(22,23)12(19-18)13(24(20)21)7-2-1-3-8-13/h4-6,9H,1-3,7-8H2,(H,20,21). The van der Waals surface area contributed by atoms with Gasteiger partial charge in [-0.15, -0.1) is 0 Å². The van der Waals surface area contributed by atoms with Crippen LogP contribution in [0.4, 0.5) is 13.2 Å². The minimum atomic E-state index is -4.76. The number of halogens is 3. The van der Waals surface area contributed by atoms with Gasteiger partial charge in [-0.25, -0.2) is 12.6 Å². The fourth-order valence-corrected chi connectivity index (χ4v) is 5.86. The van der Waals surface area contributed by atoms with E-state index in [1.807, 2.05) is 0 Å². The van der Waals surface area contributed by atoms with E-state index < -0.39 is 47.3 Å². The van der Waals surface area contributed by atoms with E-state index in [0.29, 0.717) is 31.4 Å². The molecule has 0 radical (unpaired) electrons. The maximum atomic E-state index is 12.8. The molecule has 25 heavy (non-hydrogen) atoms. The number of benzene rings is 1. The van der Waals surface area contributed by atoms with Gasteiger partial charge in [0.15, 0.2) is 15.8 Å². The second-order valence-corrected chi connectivity index (χ2v) is 8.88. The van der Waals surface area contributed by atoms with E-state index in [-0.39, 0.29) is 12.8 Å². The van der Waals surface area contributed by atoms with E-state index in [4.69, 9.17) is 0 Å². The summed E-state index contributed by atoms with van der Waals surface area (Å²) in [5.74, 6) is 0. The third-order valence-corrected chi connectivity index (χ3v) is 7.46. The third kappa shape index (κ3) is 3.69. The molecular formula is C14H15F3N2O4S2. The Kier molecular flexibility index (Phi) is 5.53. The van der Waals surface area contributed by atoms with E-state index >= 15 is 0 Å². The Hall–Kier alpha value is -1.55. The van der Waals surface area contributed by atoms with E-state index in [9.17, 15) is 35.9 Å². The zero-order valence-electron chi connectivity index (χ0n) is 12.9. The molecule has 0 aliphatic heterocycles. The number of rotatable bonds is 3. The van der Waals surface area contributed by atoms with Crippen molar-refractivity contribution in [3.8, 4) is 0 Å². The van der Waals surface area contributed by atoms with Gasteiger partial charge >= 0.3 is 11.2 Å². The molecule has 2 rings (SSSR count). The lowest BCUT2D eigenvalue weighted by atomic mass is 9.89. The van der Waals surface area contributed by atoms with Gasteiger partial charge in [-0.3, -0.25) is 0 Å². The van der Waals surface area contributed by atoms with E-state index in [0.717, 1.165) is 12.1 Å². The van der Waals surface area contributed by atoms with Gasteiger partial charge in [0.25, 0.3) is 9.84 Å². The monoisotopic (exact) mass is 396 g/mol. The van der Waals surface area contributed by atoms with E-state index in [1.54, 1.807) is 0 Å². The molecule has 1 aliphatic rings. The van der Waals surface area contributed by atoms with Crippen LogP contribution in [-0.2, 0) is 27.1 Å². The average molecular weight is 396 g/mol. The van der Waals surface area contributed by atoms with Crippen molar-refractivity contribution < 1.29 is 35.1 Å². The maximum absolute atomic E-state index is 12.8. The number of alkyl halides is 3. The van der Waals surface area contributed by atoms with Gasteiger partial charge < -0.3 is 10.1 Å². The van der Waals surface area contributed by atoms with Crippen LogP contribution >= 0.6 is 0 Å². The van der Waals surface area contributed by atoms with Crippen LogP contribution in [0.1, 0.15) is 37.7 Å². The molecule has 1 aromatic rings. The Morgan fingerprint density at radius 2 is 1.84 bits per heavy atom. The molecule has 1 N–H and O–H groups in total. The highest BCUT2D eigenvalue weighted by atomic mass is 32.2. The number of hydrogen-bond acceptors (Lipinski definition) is 3. The lowest BCUT2D eigenvalue weighted by Crippen LogP contribution is -2.48. The van der Waals surface area contributed by atoms with Crippen LogP contribution in [0, 0.1) is 0 Å². The minimum absolute atomic E-state index is 0.0201. The lowest BCUT2D eigenvalue weighted by Gasteiger charge is -2.29. The molecule has 0 heterocycles. The molecule has 0 aromatic heterocycles.